The van der Waals surface area contributed by atoms with Crippen LogP contribution in [0.2, 0.25) is 0 Å². The maximum Gasteiger partial charge on any atom is 0.164 e. The minimum atomic E-state index is 0.609. The van der Waals surface area contributed by atoms with Crippen LogP contribution in [-0.2, 0) is 0 Å². The molecule has 0 aliphatic carbocycles. The number of hydrogen-bond donors (Lipinski definition) is 0. The third kappa shape index (κ3) is 4.59. The van der Waals surface area contributed by atoms with Crippen LogP contribution < -0.4 is 0 Å². The van der Waals surface area contributed by atoms with Gasteiger partial charge in [-0.2, -0.15) is 0 Å². The summed E-state index contributed by atoms with van der Waals surface area (Å²) in [6.45, 7) is 0. The molecule has 0 aliphatic heterocycles. The number of fused-ring (bicyclic) bond motifs is 8. The second-order valence-corrected chi connectivity index (χ2v) is 14.7. The normalized spacial score (nSPS) is 11.9. The van der Waals surface area contributed by atoms with Crippen LogP contribution in [0.5, 0.6) is 0 Å². The molecule has 238 valence electrons. The number of furan rings is 1. The zero-order chi connectivity index (χ0) is 33.5. The number of aromatic nitrogens is 4. The topological polar surface area (TPSA) is 64.7 Å². The van der Waals surface area contributed by atoms with Gasteiger partial charge in [-0.15, -0.1) is 22.7 Å². The van der Waals surface area contributed by atoms with Crippen molar-refractivity contribution < 1.29 is 4.42 Å². The molecule has 7 aromatic carbocycles. The molecule has 11 aromatic rings. The van der Waals surface area contributed by atoms with Crippen LogP contribution in [0.25, 0.3) is 108 Å². The fraction of sp³-hybridized carbons (Fsp3) is 0. The molecule has 0 fully saturated rings. The van der Waals surface area contributed by atoms with Gasteiger partial charge in [0.05, 0.1) is 10.2 Å². The lowest BCUT2D eigenvalue weighted by molar-refractivity contribution is 0.669. The van der Waals surface area contributed by atoms with Crippen LogP contribution >= 0.6 is 22.7 Å². The molecule has 7 heteroatoms. The van der Waals surface area contributed by atoms with Gasteiger partial charge in [-0.25, -0.2) is 19.9 Å². The van der Waals surface area contributed by atoms with Crippen molar-refractivity contribution in [2.75, 3.05) is 0 Å². The number of hydrogen-bond acceptors (Lipinski definition) is 7. The van der Waals surface area contributed by atoms with Crippen LogP contribution in [0.3, 0.4) is 0 Å². The summed E-state index contributed by atoms with van der Waals surface area (Å²) in [7, 11) is 0. The first kappa shape index (κ1) is 28.5. The number of para-hydroxylation sites is 1. The van der Waals surface area contributed by atoms with Gasteiger partial charge < -0.3 is 4.42 Å². The number of thiazole rings is 1. The number of thiophene rings is 1. The zero-order valence-corrected chi connectivity index (χ0v) is 28.5. The van der Waals surface area contributed by atoms with Crippen molar-refractivity contribution in [1.29, 1.82) is 0 Å². The Labute approximate surface area is 299 Å². The van der Waals surface area contributed by atoms with Gasteiger partial charge in [0.1, 0.15) is 16.2 Å². The first-order valence-corrected chi connectivity index (χ1v) is 18.3. The number of benzene rings is 7. The molecular formula is C44H24N4OS2. The number of nitrogens with zero attached hydrogens (tertiary/aromatic N) is 4. The summed E-state index contributed by atoms with van der Waals surface area (Å²) in [5, 5.41) is 7.82. The lowest BCUT2D eigenvalue weighted by Gasteiger charge is -2.10. The largest absolute Gasteiger partial charge is 0.456 e. The second-order valence-electron chi connectivity index (χ2n) is 12.6. The number of rotatable bonds is 4. The molecule has 5 nitrogen and oxygen atoms in total. The summed E-state index contributed by atoms with van der Waals surface area (Å²) >= 11 is 3.51. The minimum Gasteiger partial charge on any atom is -0.456 e. The van der Waals surface area contributed by atoms with E-state index in [1.807, 2.05) is 60.7 Å². The molecule has 0 unspecified atom stereocenters. The second kappa shape index (κ2) is 11.1. The van der Waals surface area contributed by atoms with Crippen molar-refractivity contribution in [3.8, 4) is 44.7 Å². The Morgan fingerprint density at radius 1 is 0.412 bits per heavy atom. The van der Waals surface area contributed by atoms with Crippen molar-refractivity contribution in [3.63, 3.8) is 0 Å². The lowest BCUT2D eigenvalue weighted by atomic mass is 10.0. The molecule has 0 bridgehead atoms. The Morgan fingerprint density at radius 2 is 1.14 bits per heavy atom. The molecule has 0 aliphatic rings. The standard InChI is InChI=1S/C44H24N4OS2/c1-2-11-26(12-3-1)41-46-42(30-15-8-18-35-39(30)29-14-6-7-17-34(29)49-35)48-43(47-41)31-16-9-19-36-40(31)32-23-38-33(24-37(32)50-36)45-44(51-38)28-21-20-25-10-4-5-13-27(25)22-28/h1-24H. The lowest BCUT2D eigenvalue weighted by Crippen LogP contribution is -2.00. The van der Waals surface area contributed by atoms with Gasteiger partial charge in [-0.3, -0.25) is 0 Å². The monoisotopic (exact) mass is 688 g/mol. The van der Waals surface area contributed by atoms with Gasteiger partial charge in [-0.1, -0.05) is 109 Å². The molecular weight excluding hydrogens is 665 g/mol. The van der Waals surface area contributed by atoms with E-state index < -0.39 is 0 Å². The third-order valence-electron chi connectivity index (χ3n) is 9.55. The van der Waals surface area contributed by atoms with Crippen LogP contribution in [0.4, 0.5) is 0 Å². The Morgan fingerprint density at radius 3 is 2.02 bits per heavy atom. The van der Waals surface area contributed by atoms with Crippen molar-refractivity contribution in [2.24, 2.45) is 0 Å². The van der Waals surface area contributed by atoms with Gasteiger partial charge in [0.2, 0.25) is 0 Å². The van der Waals surface area contributed by atoms with E-state index >= 15 is 0 Å². The van der Waals surface area contributed by atoms with Crippen LogP contribution in [-0.4, -0.2) is 19.9 Å². The van der Waals surface area contributed by atoms with Gasteiger partial charge in [0.15, 0.2) is 17.5 Å². The van der Waals surface area contributed by atoms with E-state index in [1.165, 1.54) is 25.6 Å². The van der Waals surface area contributed by atoms with Gasteiger partial charge in [0, 0.05) is 53.2 Å². The average Bonchev–Trinajstić information content (AvgIpc) is 3.89. The van der Waals surface area contributed by atoms with Gasteiger partial charge in [-0.05, 0) is 47.2 Å². The first-order valence-electron chi connectivity index (χ1n) is 16.7. The zero-order valence-electron chi connectivity index (χ0n) is 26.9. The molecule has 0 atom stereocenters. The van der Waals surface area contributed by atoms with Crippen molar-refractivity contribution >= 4 is 85.8 Å². The maximum absolute atomic E-state index is 6.25. The molecule has 11 rings (SSSR count). The summed E-state index contributed by atoms with van der Waals surface area (Å²) in [6, 6.07) is 50.3. The van der Waals surface area contributed by atoms with Crippen LogP contribution in [0.15, 0.2) is 150 Å². The van der Waals surface area contributed by atoms with Gasteiger partial charge in [0.25, 0.3) is 0 Å². The van der Waals surface area contributed by atoms with Crippen LogP contribution in [0, 0.1) is 0 Å². The fourth-order valence-electron chi connectivity index (χ4n) is 7.17. The average molecular weight is 689 g/mol. The third-order valence-corrected chi connectivity index (χ3v) is 11.7. The highest BCUT2D eigenvalue weighted by molar-refractivity contribution is 7.26. The highest BCUT2D eigenvalue weighted by Gasteiger charge is 2.20. The Balaban J connectivity index is 1.13. The predicted molar refractivity (Wildman–Crippen MR) is 212 cm³/mol. The van der Waals surface area contributed by atoms with Crippen molar-refractivity contribution in [2.45, 2.75) is 0 Å². The summed E-state index contributed by atoms with van der Waals surface area (Å²) in [4.78, 5) is 20.6. The van der Waals surface area contributed by atoms with E-state index in [4.69, 9.17) is 24.4 Å². The Bertz CT molecular complexity index is 3160. The van der Waals surface area contributed by atoms with Gasteiger partial charge >= 0.3 is 0 Å². The van der Waals surface area contributed by atoms with Crippen molar-refractivity contribution in [1.82, 2.24) is 19.9 Å². The SMILES string of the molecule is c1ccc(-c2nc(-c3cccc4oc5ccccc5c34)nc(-c3cccc4sc5cc6nc(-c7ccc8ccccc8c7)sc6cc5c34)n2)cc1. The van der Waals surface area contributed by atoms with E-state index in [0.717, 1.165) is 64.8 Å². The summed E-state index contributed by atoms with van der Waals surface area (Å²) in [5.74, 6) is 1.87. The molecule has 0 radical (unpaired) electrons. The highest BCUT2D eigenvalue weighted by Crippen LogP contribution is 2.44. The molecule has 4 heterocycles. The maximum atomic E-state index is 6.25. The molecule has 0 N–H and O–H groups in total. The molecule has 0 saturated carbocycles. The van der Waals surface area contributed by atoms with E-state index in [2.05, 4.69) is 84.9 Å². The molecule has 4 aromatic heterocycles. The first-order chi connectivity index (χ1) is 25.2. The fourth-order valence-corrected chi connectivity index (χ4v) is 9.30. The Hall–Kier alpha value is -6.28. The summed E-state index contributed by atoms with van der Waals surface area (Å²) < 4.78 is 9.77. The van der Waals surface area contributed by atoms with E-state index in [9.17, 15) is 0 Å². The predicted octanol–water partition coefficient (Wildman–Crippen LogP) is 12.6. The summed E-state index contributed by atoms with van der Waals surface area (Å²) in [5.41, 5.74) is 6.61. The van der Waals surface area contributed by atoms with Crippen LogP contribution in [0.1, 0.15) is 0 Å². The molecule has 51 heavy (non-hydrogen) atoms. The summed E-state index contributed by atoms with van der Waals surface area (Å²) in [6.07, 6.45) is 0. The quantitative estimate of drug-likeness (QED) is 0.184. The van der Waals surface area contributed by atoms with E-state index in [-0.39, 0.29) is 0 Å². The smallest absolute Gasteiger partial charge is 0.164 e. The van der Waals surface area contributed by atoms with E-state index in [0.29, 0.717) is 17.5 Å². The Kier molecular flexibility index (Phi) is 6.22. The van der Waals surface area contributed by atoms with E-state index in [1.54, 1.807) is 22.7 Å². The highest BCUT2D eigenvalue weighted by atomic mass is 32.1. The molecule has 0 amide bonds. The minimum absolute atomic E-state index is 0.609. The van der Waals surface area contributed by atoms with Crippen molar-refractivity contribution in [3.05, 3.63) is 146 Å². The molecule has 0 spiro atoms. The molecule has 0 saturated heterocycles.